The minimum atomic E-state index is -4.48. The maximum Gasteiger partial charge on any atom is 0.416 e. The Balaban J connectivity index is 1.79. The summed E-state index contributed by atoms with van der Waals surface area (Å²) in [7, 11) is -3.69. The lowest BCUT2D eigenvalue weighted by molar-refractivity contribution is -0.137. The Bertz CT molecular complexity index is 1060. The van der Waals surface area contributed by atoms with Crippen molar-refractivity contribution in [2.75, 3.05) is 26.3 Å². The number of rotatable bonds is 7. The molecule has 1 heterocycles. The number of sulfonamides is 1. The van der Waals surface area contributed by atoms with E-state index in [-0.39, 0.29) is 29.5 Å². The fourth-order valence-electron chi connectivity index (χ4n) is 3.64. The lowest BCUT2D eigenvalue weighted by Gasteiger charge is -2.26. The van der Waals surface area contributed by atoms with Gasteiger partial charge in [0.25, 0.3) is 5.91 Å². The zero-order chi connectivity index (χ0) is 24.2. The molecule has 2 aromatic rings. The minimum Gasteiger partial charge on any atom is -0.379 e. The summed E-state index contributed by atoms with van der Waals surface area (Å²) in [5, 5.41) is 2.80. The Hall–Kier alpha value is -2.43. The van der Waals surface area contributed by atoms with Crippen LogP contribution >= 0.6 is 0 Å². The Morgan fingerprint density at radius 1 is 1.09 bits per heavy atom. The molecule has 1 N–H and O–H groups in total. The fraction of sp³-hybridized carbons (Fsp3) is 0.435. The second-order valence-corrected chi connectivity index (χ2v) is 10.3. The van der Waals surface area contributed by atoms with Crippen LogP contribution < -0.4 is 5.32 Å². The molecule has 1 saturated heterocycles. The van der Waals surface area contributed by atoms with Crippen molar-refractivity contribution in [3.8, 4) is 0 Å². The van der Waals surface area contributed by atoms with Crippen LogP contribution in [0.4, 0.5) is 13.2 Å². The highest BCUT2D eigenvalue weighted by atomic mass is 32.2. The molecule has 1 aliphatic rings. The molecule has 0 spiro atoms. The van der Waals surface area contributed by atoms with E-state index in [0.717, 1.165) is 12.1 Å². The van der Waals surface area contributed by atoms with Crippen molar-refractivity contribution >= 4 is 15.9 Å². The molecule has 1 aliphatic heterocycles. The van der Waals surface area contributed by atoms with Gasteiger partial charge >= 0.3 is 6.18 Å². The monoisotopic (exact) mass is 484 g/mol. The van der Waals surface area contributed by atoms with Gasteiger partial charge in [-0.2, -0.15) is 17.5 Å². The van der Waals surface area contributed by atoms with E-state index in [9.17, 15) is 26.4 Å². The van der Waals surface area contributed by atoms with Crippen molar-refractivity contribution in [3.63, 3.8) is 0 Å². The molecule has 1 unspecified atom stereocenters. The molecule has 2 aromatic carbocycles. The molecule has 1 atom stereocenters. The summed E-state index contributed by atoms with van der Waals surface area (Å²) < 4.78 is 71.4. The summed E-state index contributed by atoms with van der Waals surface area (Å²) in [5.74, 6) is -0.376. The number of nitrogens with zero attached hydrogens (tertiary/aromatic N) is 1. The standard InChI is InChI=1S/C23H27F3N2O4S/c1-16(2)14-21(18-4-3-5-19(15-18)23(24,25)26)27-22(29)17-6-8-20(9-7-17)33(30,31)28-10-12-32-13-11-28/h3-9,15-16,21H,10-14H2,1-2H3,(H,27,29). The highest BCUT2D eigenvalue weighted by molar-refractivity contribution is 7.89. The van der Waals surface area contributed by atoms with Crippen molar-refractivity contribution in [2.45, 2.75) is 37.4 Å². The Morgan fingerprint density at radius 2 is 1.73 bits per heavy atom. The van der Waals surface area contributed by atoms with Crippen molar-refractivity contribution in [1.82, 2.24) is 9.62 Å². The van der Waals surface area contributed by atoms with Gasteiger partial charge in [0.05, 0.1) is 29.7 Å². The third-order valence-corrected chi connectivity index (χ3v) is 7.27. The van der Waals surface area contributed by atoms with Gasteiger partial charge in [0.1, 0.15) is 0 Å². The molecule has 180 valence electrons. The number of benzene rings is 2. The molecule has 33 heavy (non-hydrogen) atoms. The van der Waals surface area contributed by atoms with Gasteiger partial charge in [0, 0.05) is 18.7 Å². The lowest BCUT2D eigenvalue weighted by Crippen LogP contribution is -2.40. The highest BCUT2D eigenvalue weighted by Crippen LogP contribution is 2.32. The summed E-state index contributed by atoms with van der Waals surface area (Å²) in [6.45, 7) is 5.01. The van der Waals surface area contributed by atoms with Gasteiger partial charge in [-0.1, -0.05) is 26.0 Å². The van der Waals surface area contributed by atoms with E-state index in [2.05, 4.69) is 5.32 Å². The van der Waals surface area contributed by atoms with E-state index >= 15 is 0 Å². The third-order valence-electron chi connectivity index (χ3n) is 5.35. The van der Waals surface area contributed by atoms with Crippen LogP contribution in [0.1, 0.15) is 47.8 Å². The number of halogens is 3. The zero-order valence-electron chi connectivity index (χ0n) is 18.4. The number of carbonyl (C=O) groups is 1. The lowest BCUT2D eigenvalue weighted by atomic mass is 9.95. The van der Waals surface area contributed by atoms with E-state index in [4.69, 9.17) is 4.74 Å². The summed E-state index contributed by atoms with van der Waals surface area (Å²) in [6, 6.07) is 9.82. The number of ether oxygens (including phenoxy) is 1. The first-order valence-electron chi connectivity index (χ1n) is 10.6. The van der Waals surface area contributed by atoms with Crippen LogP contribution in [0.5, 0.6) is 0 Å². The number of alkyl halides is 3. The SMILES string of the molecule is CC(C)CC(NC(=O)c1ccc(S(=O)(=O)N2CCOCC2)cc1)c1cccc(C(F)(F)F)c1. The Kier molecular flexibility index (Phi) is 7.81. The molecule has 6 nitrogen and oxygen atoms in total. The summed E-state index contributed by atoms with van der Waals surface area (Å²) >= 11 is 0. The Labute approximate surface area is 191 Å². The topological polar surface area (TPSA) is 75.7 Å². The van der Waals surface area contributed by atoms with Gasteiger partial charge in [-0.25, -0.2) is 8.42 Å². The average Bonchev–Trinajstić information content (AvgIpc) is 2.78. The zero-order valence-corrected chi connectivity index (χ0v) is 19.2. The van der Waals surface area contributed by atoms with Crippen LogP contribution in [-0.4, -0.2) is 44.9 Å². The predicted octanol–water partition coefficient (Wildman–Crippen LogP) is 4.24. The van der Waals surface area contributed by atoms with Crippen LogP contribution in [0.3, 0.4) is 0 Å². The third kappa shape index (κ3) is 6.33. The highest BCUT2D eigenvalue weighted by Gasteiger charge is 2.31. The van der Waals surface area contributed by atoms with Gasteiger partial charge in [-0.15, -0.1) is 0 Å². The van der Waals surface area contributed by atoms with E-state index < -0.39 is 33.7 Å². The quantitative estimate of drug-likeness (QED) is 0.638. The maximum absolute atomic E-state index is 13.1. The first-order chi connectivity index (χ1) is 15.5. The number of morpholine rings is 1. The van der Waals surface area contributed by atoms with E-state index in [0.29, 0.717) is 25.2 Å². The van der Waals surface area contributed by atoms with Crippen molar-refractivity contribution in [2.24, 2.45) is 5.92 Å². The first kappa shape index (κ1) is 25.2. The van der Waals surface area contributed by atoms with Crippen LogP contribution in [0.2, 0.25) is 0 Å². The molecule has 0 saturated carbocycles. The summed E-state index contributed by atoms with van der Waals surface area (Å²) in [6.07, 6.45) is -4.04. The largest absolute Gasteiger partial charge is 0.416 e. The van der Waals surface area contributed by atoms with E-state index in [1.807, 2.05) is 13.8 Å². The number of nitrogens with one attached hydrogen (secondary N) is 1. The number of amides is 1. The Morgan fingerprint density at radius 3 is 2.30 bits per heavy atom. The van der Waals surface area contributed by atoms with Gasteiger partial charge in [0.2, 0.25) is 10.0 Å². The molecular weight excluding hydrogens is 457 g/mol. The summed E-state index contributed by atoms with van der Waals surface area (Å²) in [5.41, 5.74) is -0.198. The summed E-state index contributed by atoms with van der Waals surface area (Å²) in [4.78, 5) is 12.9. The van der Waals surface area contributed by atoms with Crippen molar-refractivity contribution in [1.29, 1.82) is 0 Å². The van der Waals surface area contributed by atoms with E-state index in [1.165, 1.54) is 34.6 Å². The molecule has 1 fully saturated rings. The minimum absolute atomic E-state index is 0.0672. The molecule has 1 amide bonds. The number of carbonyl (C=O) groups excluding carboxylic acids is 1. The first-order valence-corrected chi connectivity index (χ1v) is 12.1. The second kappa shape index (κ2) is 10.2. The predicted molar refractivity (Wildman–Crippen MR) is 117 cm³/mol. The van der Waals surface area contributed by atoms with E-state index in [1.54, 1.807) is 6.07 Å². The van der Waals surface area contributed by atoms with Crippen LogP contribution in [0.15, 0.2) is 53.4 Å². The van der Waals surface area contributed by atoms with Gasteiger partial charge in [-0.3, -0.25) is 4.79 Å². The van der Waals surface area contributed by atoms with Crippen molar-refractivity contribution < 1.29 is 31.1 Å². The van der Waals surface area contributed by atoms with Gasteiger partial charge < -0.3 is 10.1 Å². The molecule has 0 aliphatic carbocycles. The van der Waals surface area contributed by atoms with Crippen LogP contribution in [0, 0.1) is 5.92 Å². The smallest absolute Gasteiger partial charge is 0.379 e. The van der Waals surface area contributed by atoms with Gasteiger partial charge in [-0.05, 0) is 54.3 Å². The number of hydrogen-bond donors (Lipinski definition) is 1. The molecule has 10 heteroatoms. The normalized spacial score (nSPS) is 16.5. The second-order valence-electron chi connectivity index (χ2n) is 8.32. The molecule has 3 rings (SSSR count). The molecule has 0 radical (unpaired) electrons. The van der Waals surface area contributed by atoms with Crippen LogP contribution in [-0.2, 0) is 20.9 Å². The van der Waals surface area contributed by atoms with Gasteiger partial charge in [0.15, 0.2) is 0 Å². The average molecular weight is 485 g/mol. The molecule has 0 aromatic heterocycles. The fourth-order valence-corrected chi connectivity index (χ4v) is 5.05. The molecular formula is C23H27F3N2O4S. The van der Waals surface area contributed by atoms with Crippen LogP contribution in [0.25, 0.3) is 0 Å². The maximum atomic E-state index is 13.1. The van der Waals surface area contributed by atoms with Crippen molar-refractivity contribution in [3.05, 3.63) is 65.2 Å². The molecule has 0 bridgehead atoms. The number of hydrogen-bond acceptors (Lipinski definition) is 4.